The van der Waals surface area contributed by atoms with E-state index < -0.39 is 0 Å². The van der Waals surface area contributed by atoms with Crippen molar-refractivity contribution in [2.45, 2.75) is 32.7 Å². The van der Waals surface area contributed by atoms with Crippen LogP contribution in [-0.2, 0) is 4.79 Å². The van der Waals surface area contributed by atoms with Gasteiger partial charge in [-0.1, -0.05) is 25.5 Å². The highest BCUT2D eigenvalue weighted by Gasteiger charge is 2.18. The fraction of sp³-hybridized carbons (Fsp3) is 0.500. The average Bonchev–Trinajstić information content (AvgIpc) is 2.36. The Bertz CT molecular complexity index is 378. The van der Waals surface area contributed by atoms with E-state index in [0.29, 0.717) is 6.54 Å². The Morgan fingerprint density at radius 1 is 1.39 bits per heavy atom. The SMILES string of the molecule is CCCC(CN)C(=O)N[C@@H](C)c1ccc(F)cc1. The molecule has 0 aromatic heterocycles. The van der Waals surface area contributed by atoms with Crippen LogP contribution in [0.5, 0.6) is 0 Å². The molecular formula is C14H21FN2O. The van der Waals surface area contributed by atoms with Crippen LogP contribution in [0, 0.1) is 11.7 Å². The Hall–Kier alpha value is -1.42. The Labute approximate surface area is 108 Å². The second kappa shape index (κ2) is 7.11. The smallest absolute Gasteiger partial charge is 0.224 e. The van der Waals surface area contributed by atoms with E-state index in [0.717, 1.165) is 18.4 Å². The molecule has 0 aliphatic rings. The Balaban J connectivity index is 2.60. The molecule has 0 saturated carbocycles. The zero-order chi connectivity index (χ0) is 13.5. The van der Waals surface area contributed by atoms with Gasteiger partial charge >= 0.3 is 0 Å². The van der Waals surface area contributed by atoms with E-state index >= 15 is 0 Å². The molecule has 0 fully saturated rings. The van der Waals surface area contributed by atoms with E-state index in [-0.39, 0.29) is 23.7 Å². The number of carbonyl (C=O) groups is 1. The highest BCUT2D eigenvalue weighted by Crippen LogP contribution is 2.14. The molecule has 0 heterocycles. The van der Waals surface area contributed by atoms with Gasteiger partial charge in [-0.3, -0.25) is 4.79 Å². The van der Waals surface area contributed by atoms with E-state index in [2.05, 4.69) is 5.32 Å². The van der Waals surface area contributed by atoms with Gasteiger partial charge in [0.2, 0.25) is 5.91 Å². The number of rotatable bonds is 6. The van der Waals surface area contributed by atoms with Crippen molar-refractivity contribution < 1.29 is 9.18 Å². The van der Waals surface area contributed by atoms with Crippen molar-refractivity contribution in [3.8, 4) is 0 Å². The molecule has 0 aliphatic carbocycles. The maximum atomic E-state index is 12.8. The lowest BCUT2D eigenvalue weighted by atomic mass is 10.0. The monoisotopic (exact) mass is 252 g/mol. The van der Waals surface area contributed by atoms with Gasteiger partial charge in [0.25, 0.3) is 0 Å². The molecule has 1 amide bonds. The predicted octanol–water partition coefficient (Wildman–Crippen LogP) is 2.38. The zero-order valence-electron chi connectivity index (χ0n) is 10.9. The molecule has 0 radical (unpaired) electrons. The number of hydrogen-bond donors (Lipinski definition) is 2. The molecule has 2 atom stereocenters. The van der Waals surface area contributed by atoms with Gasteiger partial charge in [0.1, 0.15) is 5.82 Å². The lowest BCUT2D eigenvalue weighted by Crippen LogP contribution is -2.36. The summed E-state index contributed by atoms with van der Waals surface area (Å²) in [6.45, 7) is 4.26. The number of nitrogens with one attached hydrogen (secondary N) is 1. The van der Waals surface area contributed by atoms with Gasteiger partial charge in [0.05, 0.1) is 12.0 Å². The minimum atomic E-state index is -0.275. The first-order valence-electron chi connectivity index (χ1n) is 6.34. The fourth-order valence-corrected chi connectivity index (χ4v) is 1.87. The van der Waals surface area contributed by atoms with Gasteiger partial charge in [0, 0.05) is 6.54 Å². The summed E-state index contributed by atoms with van der Waals surface area (Å²) in [4.78, 5) is 11.9. The number of halogens is 1. The van der Waals surface area contributed by atoms with Crippen molar-refractivity contribution in [2.75, 3.05) is 6.54 Å². The topological polar surface area (TPSA) is 55.1 Å². The quantitative estimate of drug-likeness (QED) is 0.816. The van der Waals surface area contributed by atoms with E-state index in [9.17, 15) is 9.18 Å². The van der Waals surface area contributed by atoms with Crippen molar-refractivity contribution in [1.82, 2.24) is 5.32 Å². The molecule has 0 bridgehead atoms. The molecule has 1 rings (SSSR count). The maximum Gasteiger partial charge on any atom is 0.224 e. The molecule has 0 saturated heterocycles. The summed E-state index contributed by atoms with van der Waals surface area (Å²) in [5.74, 6) is -0.447. The second-order valence-electron chi connectivity index (χ2n) is 4.50. The number of benzene rings is 1. The Kier molecular flexibility index (Phi) is 5.78. The normalized spacial score (nSPS) is 14.0. The summed E-state index contributed by atoms with van der Waals surface area (Å²) >= 11 is 0. The van der Waals surface area contributed by atoms with Crippen LogP contribution in [0.2, 0.25) is 0 Å². The predicted molar refractivity (Wildman–Crippen MR) is 70.4 cm³/mol. The van der Waals surface area contributed by atoms with Crippen LogP contribution in [0.3, 0.4) is 0 Å². The van der Waals surface area contributed by atoms with Crippen LogP contribution >= 0.6 is 0 Å². The minimum Gasteiger partial charge on any atom is -0.349 e. The number of nitrogens with two attached hydrogens (primary N) is 1. The van der Waals surface area contributed by atoms with Crippen molar-refractivity contribution in [2.24, 2.45) is 11.7 Å². The molecular weight excluding hydrogens is 231 g/mol. The van der Waals surface area contributed by atoms with Crippen molar-refractivity contribution in [3.05, 3.63) is 35.6 Å². The summed E-state index contributed by atoms with van der Waals surface area (Å²) in [6.07, 6.45) is 1.72. The summed E-state index contributed by atoms with van der Waals surface area (Å²) in [5, 5.41) is 2.91. The van der Waals surface area contributed by atoms with Gasteiger partial charge in [-0.25, -0.2) is 4.39 Å². The first kappa shape index (κ1) is 14.6. The Morgan fingerprint density at radius 2 is 2.00 bits per heavy atom. The third kappa shape index (κ3) is 4.11. The van der Waals surface area contributed by atoms with E-state index in [1.54, 1.807) is 12.1 Å². The van der Waals surface area contributed by atoms with Crippen LogP contribution in [-0.4, -0.2) is 12.5 Å². The summed E-state index contributed by atoms with van der Waals surface area (Å²) in [5.41, 5.74) is 6.47. The maximum absolute atomic E-state index is 12.8. The van der Waals surface area contributed by atoms with Gasteiger partial charge in [-0.2, -0.15) is 0 Å². The average molecular weight is 252 g/mol. The van der Waals surface area contributed by atoms with Gasteiger partial charge < -0.3 is 11.1 Å². The number of carbonyl (C=O) groups excluding carboxylic acids is 1. The number of hydrogen-bond acceptors (Lipinski definition) is 2. The molecule has 0 aliphatic heterocycles. The molecule has 100 valence electrons. The highest BCUT2D eigenvalue weighted by atomic mass is 19.1. The zero-order valence-corrected chi connectivity index (χ0v) is 10.9. The number of amides is 1. The van der Waals surface area contributed by atoms with Crippen molar-refractivity contribution >= 4 is 5.91 Å². The van der Waals surface area contributed by atoms with E-state index in [1.165, 1.54) is 12.1 Å². The lowest BCUT2D eigenvalue weighted by molar-refractivity contribution is -0.125. The first-order valence-corrected chi connectivity index (χ1v) is 6.34. The van der Waals surface area contributed by atoms with Crippen LogP contribution < -0.4 is 11.1 Å². The molecule has 4 heteroatoms. The minimum absolute atomic E-state index is 0.0313. The van der Waals surface area contributed by atoms with Crippen LogP contribution in [0.25, 0.3) is 0 Å². The van der Waals surface area contributed by atoms with Crippen molar-refractivity contribution in [1.29, 1.82) is 0 Å². The third-order valence-corrected chi connectivity index (χ3v) is 3.02. The first-order chi connectivity index (χ1) is 8.58. The lowest BCUT2D eigenvalue weighted by Gasteiger charge is -2.19. The van der Waals surface area contributed by atoms with Gasteiger partial charge in [-0.15, -0.1) is 0 Å². The van der Waals surface area contributed by atoms with E-state index in [1.807, 2.05) is 13.8 Å². The van der Waals surface area contributed by atoms with Crippen LogP contribution in [0.15, 0.2) is 24.3 Å². The molecule has 3 N–H and O–H groups in total. The fourth-order valence-electron chi connectivity index (χ4n) is 1.87. The summed E-state index contributed by atoms with van der Waals surface area (Å²) in [6, 6.07) is 6.01. The molecule has 1 unspecified atom stereocenters. The van der Waals surface area contributed by atoms with E-state index in [4.69, 9.17) is 5.73 Å². The molecule has 1 aromatic rings. The molecule has 3 nitrogen and oxygen atoms in total. The highest BCUT2D eigenvalue weighted by molar-refractivity contribution is 5.79. The standard InChI is InChI=1S/C14H21FN2O/c1-3-4-12(9-16)14(18)17-10(2)11-5-7-13(15)8-6-11/h5-8,10,12H,3-4,9,16H2,1-2H3,(H,17,18)/t10-,12?/m0/s1. The summed E-state index contributed by atoms with van der Waals surface area (Å²) in [7, 11) is 0. The third-order valence-electron chi connectivity index (χ3n) is 3.02. The molecule has 1 aromatic carbocycles. The van der Waals surface area contributed by atoms with Gasteiger partial charge in [0.15, 0.2) is 0 Å². The van der Waals surface area contributed by atoms with Gasteiger partial charge in [-0.05, 0) is 31.0 Å². The van der Waals surface area contributed by atoms with Crippen LogP contribution in [0.4, 0.5) is 4.39 Å². The largest absolute Gasteiger partial charge is 0.349 e. The van der Waals surface area contributed by atoms with Crippen molar-refractivity contribution in [3.63, 3.8) is 0 Å². The second-order valence-corrected chi connectivity index (χ2v) is 4.50. The van der Waals surface area contributed by atoms with Crippen LogP contribution in [0.1, 0.15) is 38.3 Å². The Morgan fingerprint density at radius 3 is 2.50 bits per heavy atom. The summed E-state index contributed by atoms with van der Waals surface area (Å²) < 4.78 is 12.8. The molecule has 0 spiro atoms. The molecule has 18 heavy (non-hydrogen) atoms.